The van der Waals surface area contributed by atoms with E-state index in [0.29, 0.717) is 29.4 Å². The van der Waals surface area contributed by atoms with E-state index in [4.69, 9.17) is 18.4 Å². The zero-order valence-corrected chi connectivity index (χ0v) is 24.0. The molecule has 0 radical (unpaired) electrons. The number of ether oxygens (including phenoxy) is 3. The van der Waals surface area contributed by atoms with Gasteiger partial charge in [0.05, 0.1) is 41.3 Å². The quantitative estimate of drug-likeness (QED) is 0.171. The second-order valence-corrected chi connectivity index (χ2v) is 11.4. The Labute approximate surface area is 243 Å². The monoisotopic (exact) mass is 587 g/mol. The molecule has 1 atom stereocenters. The van der Waals surface area contributed by atoms with Gasteiger partial charge in [-0.25, -0.2) is 19.9 Å². The molecule has 2 aromatic heterocycles. The highest BCUT2D eigenvalue weighted by molar-refractivity contribution is 7.86. The number of benzene rings is 3. The lowest BCUT2D eigenvalue weighted by molar-refractivity contribution is 0.215. The van der Waals surface area contributed by atoms with Gasteiger partial charge in [-0.15, -0.1) is 0 Å². The summed E-state index contributed by atoms with van der Waals surface area (Å²) in [5.41, 5.74) is 3.23. The molecule has 216 valence electrons. The zero-order valence-electron chi connectivity index (χ0n) is 23.1. The third-order valence-corrected chi connectivity index (χ3v) is 8.27. The summed E-state index contributed by atoms with van der Waals surface area (Å²) < 4.78 is 47.7. The molecule has 1 unspecified atom stereocenters. The van der Waals surface area contributed by atoms with Gasteiger partial charge in [0.1, 0.15) is 31.5 Å². The summed E-state index contributed by atoms with van der Waals surface area (Å²) in [5.74, 6) is 2.14. The lowest BCUT2D eigenvalue weighted by Crippen LogP contribution is -2.25. The number of para-hydroxylation sites is 2. The van der Waals surface area contributed by atoms with Crippen LogP contribution in [0, 0.1) is 6.92 Å². The molecule has 0 amide bonds. The Hall–Kier alpha value is -4.55. The van der Waals surface area contributed by atoms with Gasteiger partial charge in [0.25, 0.3) is 10.1 Å². The number of hydrogen-bond acceptors (Lipinski definition) is 11. The Kier molecular flexibility index (Phi) is 7.72. The van der Waals surface area contributed by atoms with Crippen molar-refractivity contribution in [1.82, 2.24) is 19.9 Å². The SMILES string of the molecule is COc1cc2c(N3CCC(Oc4cnc5ccccc5n4)C3)ncnc2cc1OCCOS(=O)(=O)c1ccc(C)cc1. The van der Waals surface area contributed by atoms with Crippen molar-refractivity contribution in [1.29, 1.82) is 0 Å². The average Bonchev–Trinajstić information content (AvgIpc) is 3.47. The van der Waals surface area contributed by atoms with Crippen LogP contribution >= 0.6 is 0 Å². The van der Waals surface area contributed by atoms with Gasteiger partial charge in [-0.05, 0) is 37.3 Å². The molecule has 0 bridgehead atoms. The van der Waals surface area contributed by atoms with Gasteiger partial charge in [-0.1, -0.05) is 29.8 Å². The van der Waals surface area contributed by atoms with E-state index in [1.54, 1.807) is 31.5 Å². The molecule has 11 nitrogen and oxygen atoms in total. The number of anilines is 1. The predicted molar refractivity (Wildman–Crippen MR) is 157 cm³/mol. The van der Waals surface area contributed by atoms with Gasteiger partial charge in [-0.3, -0.25) is 4.18 Å². The Bertz CT molecular complexity index is 1830. The van der Waals surface area contributed by atoms with Gasteiger partial charge in [0.2, 0.25) is 5.88 Å². The Morgan fingerprint density at radius 1 is 0.929 bits per heavy atom. The lowest BCUT2D eigenvalue weighted by Gasteiger charge is -2.20. The molecular weight excluding hydrogens is 558 g/mol. The topological polar surface area (TPSA) is 126 Å². The van der Waals surface area contributed by atoms with Crippen molar-refractivity contribution < 1.29 is 26.8 Å². The van der Waals surface area contributed by atoms with E-state index >= 15 is 0 Å². The van der Waals surface area contributed by atoms with E-state index in [1.807, 2.05) is 37.3 Å². The summed E-state index contributed by atoms with van der Waals surface area (Å²) in [6.07, 6.45) is 3.88. The van der Waals surface area contributed by atoms with Crippen molar-refractivity contribution in [2.24, 2.45) is 0 Å². The fraction of sp³-hybridized carbons (Fsp3) is 0.267. The van der Waals surface area contributed by atoms with Gasteiger partial charge in [-0.2, -0.15) is 8.42 Å². The normalized spacial score (nSPS) is 15.3. The third-order valence-electron chi connectivity index (χ3n) is 6.95. The minimum atomic E-state index is -3.89. The van der Waals surface area contributed by atoms with E-state index in [1.165, 1.54) is 18.5 Å². The second kappa shape index (κ2) is 11.7. The molecule has 1 fully saturated rings. The van der Waals surface area contributed by atoms with E-state index < -0.39 is 10.1 Å². The van der Waals surface area contributed by atoms with Crippen molar-refractivity contribution in [2.75, 3.05) is 38.3 Å². The summed E-state index contributed by atoms with van der Waals surface area (Å²) in [5, 5.41) is 0.797. The molecule has 42 heavy (non-hydrogen) atoms. The van der Waals surface area contributed by atoms with Crippen LogP contribution in [0.2, 0.25) is 0 Å². The summed E-state index contributed by atoms with van der Waals surface area (Å²) in [7, 11) is -2.34. The average molecular weight is 588 g/mol. The summed E-state index contributed by atoms with van der Waals surface area (Å²) in [6.45, 7) is 3.07. The molecule has 0 spiro atoms. The number of rotatable bonds is 10. The fourth-order valence-electron chi connectivity index (χ4n) is 4.83. The smallest absolute Gasteiger partial charge is 0.297 e. The summed E-state index contributed by atoms with van der Waals surface area (Å²) in [4.78, 5) is 20.3. The summed E-state index contributed by atoms with van der Waals surface area (Å²) >= 11 is 0. The maximum atomic E-state index is 12.5. The van der Waals surface area contributed by atoms with Crippen LogP contribution in [0.5, 0.6) is 17.4 Å². The van der Waals surface area contributed by atoms with E-state index in [2.05, 4.69) is 24.8 Å². The molecule has 1 aliphatic rings. The van der Waals surface area contributed by atoms with Crippen LogP contribution in [0.1, 0.15) is 12.0 Å². The van der Waals surface area contributed by atoms with E-state index in [9.17, 15) is 8.42 Å². The number of aryl methyl sites for hydroxylation is 1. The summed E-state index contributed by atoms with van der Waals surface area (Å²) in [6, 6.07) is 17.7. The highest BCUT2D eigenvalue weighted by Crippen LogP contribution is 2.36. The first-order valence-corrected chi connectivity index (χ1v) is 14.9. The second-order valence-electron chi connectivity index (χ2n) is 9.83. The highest BCUT2D eigenvalue weighted by atomic mass is 32.2. The van der Waals surface area contributed by atoms with Crippen molar-refractivity contribution in [3.63, 3.8) is 0 Å². The Balaban J connectivity index is 1.12. The molecule has 1 aliphatic heterocycles. The van der Waals surface area contributed by atoms with Crippen molar-refractivity contribution in [2.45, 2.75) is 24.3 Å². The van der Waals surface area contributed by atoms with Crippen LogP contribution in [-0.4, -0.2) is 67.9 Å². The van der Waals surface area contributed by atoms with Gasteiger partial charge in [0, 0.05) is 24.4 Å². The largest absolute Gasteiger partial charge is 0.493 e. The van der Waals surface area contributed by atoms with Crippen molar-refractivity contribution >= 4 is 37.9 Å². The van der Waals surface area contributed by atoms with Crippen LogP contribution in [0.15, 0.2) is 78.1 Å². The first kappa shape index (κ1) is 27.6. The molecule has 3 heterocycles. The van der Waals surface area contributed by atoms with Crippen LogP contribution in [-0.2, 0) is 14.3 Å². The molecular formula is C30H29N5O6S. The first-order chi connectivity index (χ1) is 20.4. The number of hydrogen-bond donors (Lipinski definition) is 0. The molecule has 12 heteroatoms. The maximum Gasteiger partial charge on any atom is 0.297 e. The predicted octanol–water partition coefficient (Wildman–Crippen LogP) is 4.33. The van der Waals surface area contributed by atoms with E-state index in [0.717, 1.165) is 40.8 Å². The first-order valence-electron chi connectivity index (χ1n) is 13.4. The van der Waals surface area contributed by atoms with Crippen LogP contribution in [0.25, 0.3) is 21.9 Å². The molecule has 0 saturated carbocycles. The Morgan fingerprint density at radius 2 is 1.74 bits per heavy atom. The van der Waals surface area contributed by atoms with Crippen LogP contribution in [0.4, 0.5) is 5.82 Å². The fourth-order valence-corrected chi connectivity index (χ4v) is 5.72. The number of fused-ring (bicyclic) bond motifs is 2. The minimum Gasteiger partial charge on any atom is -0.493 e. The molecule has 0 aliphatic carbocycles. The number of methoxy groups -OCH3 is 1. The molecule has 1 saturated heterocycles. The van der Waals surface area contributed by atoms with Gasteiger partial charge < -0.3 is 19.1 Å². The zero-order chi connectivity index (χ0) is 29.1. The Morgan fingerprint density at radius 3 is 2.55 bits per heavy atom. The van der Waals surface area contributed by atoms with E-state index in [-0.39, 0.29) is 24.2 Å². The third kappa shape index (κ3) is 5.90. The lowest BCUT2D eigenvalue weighted by atomic mass is 10.2. The minimum absolute atomic E-state index is 0.00624. The highest BCUT2D eigenvalue weighted by Gasteiger charge is 2.27. The van der Waals surface area contributed by atoms with Crippen LogP contribution in [0.3, 0.4) is 0 Å². The number of nitrogens with zero attached hydrogens (tertiary/aromatic N) is 5. The maximum absolute atomic E-state index is 12.5. The van der Waals surface area contributed by atoms with Crippen molar-refractivity contribution in [3.05, 3.63) is 78.8 Å². The number of aromatic nitrogens is 4. The molecule has 6 rings (SSSR count). The van der Waals surface area contributed by atoms with Crippen molar-refractivity contribution in [3.8, 4) is 17.4 Å². The molecule has 0 N–H and O–H groups in total. The standard InChI is InChI=1S/C30H29N5O6S/c1-20-7-9-22(10-8-20)42(36,37)40-14-13-39-28-16-26-23(15-27(28)38-2)30(33-19-32-26)35-12-11-21(18-35)41-29-17-31-24-5-3-4-6-25(24)34-29/h3-10,15-17,19,21H,11-14,18H2,1-2H3. The van der Waals surface area contributed by atoms with Crippen LogP contribution < -0.4 is 19.1 Å². The molecule has 5 aromatic rings. The molecule has 3 aromatic carbocycles. The van der Waals surface area contributed by atoms with Gasteiger partial charge >= 0.3 is 0 Å². The van der Waals surface area contributed by atoms with Gasteiger partial charge in [0.15, 0.2) is 11.5 Å².